The molecule has 3 aliphatic rings. The third kappa shape index (κ3) is 8.00. The van der Waals surface area contributed by atoms with E-state index >= 15 is 0 Å². The summed E-state index contributed by atoms with van der Waals surface area (Å²) < 4.78 is 0. The fourth-order valence-electron chi connectivity index (χ4n) is 9.40. The van der Waals surface area contributed by atoms with E-state index in [-0.39, 0.29) is 5.41 Å². The molecule has 2 heteroatoms. The zero-order valence-corrected chi connectivity index (χ0v) is 25.2. The van der Waals surface area contributed by atoms with Gasteiger partial charge in [-0.3, -0.25) is 4.79 Å². The molecule has 3 aliphatic carbocycles. The minimum atomic E-state index is -0.437. The molecule has 0 atom stereocenters. The first-order chi connectivity index (χ1) is 18.0. The van der Waals surface area contributed by atoms with Crippen LogP contribution in [0.25, 0.3) is 0 Å². The van der Waals surface area contributed by atoms with Crippen molar-refractivity contribution in [2.45, 2.75) is 194 Å². The van der Waals surface area contributed by atoms with Gasteiger partial charge in [-0.15, -0.1) is 0 Å². The van der Waals surface area contributed by atoms with Crippen LogP contribution >= 0.6 is 0 Å². The molecular weight excluding hydrogens is 452 g/mol. The summed E-state index contributed by atoms with van der Waals surface area (Å²) in [5.74, 6) is 0.482. The van der Waals surface area contributed by atoms with Crippen LogP contribution in [0.3, 0.4) is 0 Å². The van der Waals surface area contributed by atoms with E-state index in [1.807, 2.05) is 0 Å². The van der Waals surface area contributed by atoms with Crippen LogP contribution in [0.4, 0.5) is 0 Å². The number of unbranched alkanes of at least 4 members (excludes halogenated alkanes) is 10. The van der Waals surface area contributed by atoms with E-state index in [2.05, 4.69) is 13.8 Å². The summed E-state index contributed by atoms with van der Waals surface area (Å²) in [6.07, 6.45) is 36.6. The van der Waals surface area contributed by atoms with E-state index in [4.69, 9.17) is 0 Å². The SMILES string of the molecule is CCCCCCCCCCC1(C2(C(=O)O)CCCCC2)CCC(CCCCCC)(C2CCCCC2)CC1. The number of carbonyl (C=O) groups is 1. The van der Waals surface area contributed by atoms with E-state index in [1.165, 1.54) is 154 Å². The van der Waals surface area contributed by atoms with Gasteiger partial charge in [0.05, 0.1) is 5.41 Å². The van der Waals surface area contributed by atoms with Gasteiger partial charge in [0.2, 0.25) is 0 Å². The van der Waals surface area contributed by atoms with E-state index < -0.39 is 11.4 Å². The summed E-state index contributed by atoms with van der Waals surface area (Å²) in [5.41, 5.74) is 0.141. The van der Waals surface area contributed by atoms with Crippen molar-refractivity contribution >= 4 is 5.97 Å². The molecule has 0 saturated heterocycles. The molecule has 0 aromatic carbocycles. The van der Waals surface area contributed by atoms with Crippen LogP contribution in [0.1, 0.15) is 194 Å². The Morgan fingerprint density at radius 3 is 1.65 bits per heavy atom. The normalized spacial score (nSPS) is 28.8. The Labute approximate surface area is 231 Å². The Morgan fingerprint density at radius 2 is 1.08 bits per heavy atom. The second kappa shape index (κ2) is 15.9. The quantitative estimate of drug-likeness (QED) is 0.195. The molecule has 0 radical (unpaired) electrons. The van der Waals surface area contributed by atoms with Gasteiger partial charge in [0.15, 0.2) is 0 Å². The summed E-state index contributed by atoms with van der Waals surface area (Å²) >= 11 is 0. The van der Waals surface area contributed by atoms with Crippen LogP contribution in [0, 0.1) is 22.2 Å². The zero-order chi connectivity index (χ0) is 26.5. The van der Waals surface area contributed by atoms with Crippen LogP contribution in [-0.2, 0) is 4.79 Å². The van der Waals surface area contributed by atoms with Gasteiger partial charge in [0, 0.05) is 0 Å². The molecule has 216 valence electrons. The van der Waals surface area contributed by atoms with Gasteiger partial charge >= 0.3 is 5.97 Å². The molecule has 2 nitrogen and oxygen atoms in total. The lowest BCUT2D eigenvalue weighted by Crippen LogP contribution is -2.53. The molecule has 3 saturated carbocycles. The highest BCUT2D eigenvalue weighted by atomic mass is 16.4. The molecule has 0 unspecified atom stereocenters. The van der Waals surface area contributed by atoms with Gasteiger partial charge in [0.25, 0.3) is 0 Å². The summed E-state index contributed by atoms with van der Waals surface area (Å²) in [6, 6.07) is 0. The molecular formula is C35H64O2. The molecule has 0 heterocycles. The maximum atomic E-state index is 13.1. The lowest BCUT2D eigenvalue weighted by atomic mass is 9.46. The number of carboxylic acid groups (broad SMARTS) is 1. The first-order valence-corrected chi connectivity index (χ1v) is 17.3. The van der Waals surface area contributed by atoms with Crippen molar-refractivity contribution in [3.8, 4) is 0 Å². The fraction of sp³-hybridized carbons (Fsp3) is 0.971. The van der Waals surface area contributed by atoms with Crippen molar-refractivity contribution in [1.82, 2.24) is 0 Å². The summed E-state index contributed by atoms with van der Waals surface area (Å²) in [7, 11) is 0. The molecule has 1 N–H and O–H groups in total. The summed E-state index contributed by atoms with van der Waals surface area (Å²) in [5, 5.41) is 10.8. The van der Waals surface area contributed by atoms with Crippen molar-refractivity contribution in [2.75, 3.05) is 0 Å². The molecule has 0 bridgehead atoms. The number of rotatable bonds is 17. The molecule has 3 rings (SSSR count). The average molecular weight is 517 g/mol. The molecule has 0 spiro atoms. The maximum Gasteiger partial charge on any atom is 0.310 e. The molecule has 37 heavy (non-hydrogen) atoms. The minimum Gasteiger partial charge on any atom is -0.481 e. The van der Waals surface area contributed by atoms with Gasteiger partial charge in [-0.1, -0.05) is 129 Å². The Balaban J connectivity index is 1.71. The summed E-state index contributed by atoms with van der Waals surface area (Å²) in [6.45, 7) is 4.62. The van der Waals surface area contributed by atoms with E-state index in [1.54, 1.807) is 0 Å². The second-order valence-electron chi connectivity index (χ2n) is 14.0. The summed E-state index contributed by atoms with van der Waals surface area (Å²) in [4.78, 5) is 13.1. The largest absolute Gasteiger partial charge is 0.481 e. The van der Waals surface area contributed by atoms with Crippen LogP contribution in [0.15, 0.2) is 0 Å². The third-order valence-corrected chi connectivity index (χ3v) is 11.8. The van der Waals surface area contributed by atoms with Crippen molar-refractivity contribution in [2.24, 2.45) is 22.2 Å². The van der Waals surface area contributed by atoms with E-state index in [9.17, 15) is 9.90 Å². The van der Waals surface area contributed by atoms with E-state index in [0.717, 1.165) is 31.6 Å². The highest BCUT2D eigenvalue weighted by molar-refractivity contribution is 5.76. The standard InChI is InChI=1S/C35H64O2/c1-3-5-7-9-10-11-12-18-24-34(35(32(36)37)25-19-14-20-26-35)29-27-33(28-30-34,23-17-8-6-4-2)31-21-15-13-16-22-31/h31H,3-30H2,1-2H3,(H,36,37). The lowest BCUT2D eigenvalue weighted by molar-refractivity contribution is -0.171. The highest BCUT2D eigenvalue weighted by Crippen LogP contribution is 2.64. The molecule has 3 fully saturated rings. The fourth-order valence-corrected chi connectivity index (χ4v) is 9.40. The van der Waals surface area contributed by atoms with Crippen LogP contribution in [-0.4, -0.2) is 11.1 Å². The van der Waals surface area contributed by atoms with Crippen LogP contribution in [0.5, 0.6) is 0 Å². The van der Waals surface area contributed by atoms with E-state index in [0.29, 0.717) is 5.41 Å². The van der Waals surface area contributed by atoms with Gasteiger partial charge in [-0.05, 0) is 81.0 Å². The predicted molar refractivity (Wildman–Crippen MR) is 159 cm³/mol. The smallest absolute Gasteiger partial charge is 0.310 e. The predicted octanol–water partition coefficient (Wildman–Crippen LogP) is 11.6. The average Bonchev–Trinajstić information content (AvgIpc) is 2.94. The third-order valence-electron chi connectivity index (χ3n) is 11.8. The number of hydrogen-bond acceptors (Lipinski definition) is 1. The lowest BCUT2D eigenvalue weighted by Gasteiger charge is -2.58. The van der Waals surface area contributed by atoms with Crippen molar-refractivity contribution in [3.63, 3.8) is 0 Å². The molecule has 0 aromatic heterocycles. The Bertz CT molecular complexity index is 617. The second-order valence-corrected chi connectivity index (χ2v) is 14.0. The van der Waals surface area contributed by atoms with Crippen LogP contribution in [0.2, 0.25) is 0 Å². The molecule has 0 aromatic rings. The van der Waals surface area contributed by atoms with Gasteiger partial charge in [-0.2, -0.15) is 0 Å². The zero-order valence-electron chi connectivity index (χ0n) is 25.2. The first kappa shape index (κ1) is 31.0. The van der Waals surface area contributed by atoms with Gasteiger partial charge in [-0.25, -0.2) is 0 Å². The van der Waals surface area contributed by atoms with Gasteiger partial charge < -0.3 is 5.11 Å². The first-order valence-electron chi connectivity index (χ1n) is 17.3. The Morgan fingerprint density at radius 1 is 0.595 bits per heavy atom. The maximum absolute atomic E-state index is 13.1. The van der Waals surface area contributed by atoms with Gasteiger partial charge in [0.1, 0.15) is 0 Å². The molecule has 0 amide bonds. The Hall–Kier alpha value is -0.530. The van der Waals surface area contributed by atoms with Crippen molar-refractivity contribution < 1.29 is 9.90 Å². The number of carboxylic acids is 1. The number of aliphatic carboxylic acids is 1. The Kier molecular flexibility index (Phi) is 13.3. The number of hydrogen-bond donors (Lipinski definition) is 1. The topological polar surface area (TPSA) is 37.3 Å². The highest BCUT2D eigenvalue weighted by Gasteiger charge is 2.59. The van der Waals surface area contributed by atoms with Crippen molar-refractivity contribution in [3.05, 3.63) is 0 Å². The van der Waals surface area contributed by atoms with Crippen molar-refractivity contribution in [1.29, 1.82) is 0 Å². The van der Waals surface area contributed by atoms with Crippen LogP contribution < -0.4 is 0 Å². The monoisotopic (exact) mass is 516 g/mol. The minimum absolute atomic E-state index is 0.0586. The molecule has 0 aliphatic heterocycles.